The number of phenolic OH excluding ortho intramolecular Hbond substituents is 1. The van der Waals surface area contributed by atoms with E-state index in [4.69, 9.17) is 0 Å². The monoisotopic (exact) mass is 602 g/mol. The zero-order chi connectivity index (χ0) is 28.8. The van der Waals surface area contributed by atoms with Crippen LogP contribution in [0.2, 0.25) is 0 Å². The second kappa shape index (κ2) is 13.5. The Hall–Kier alpha value is -5.05. The fourth-order valence-electron chi connectivity index (χ4n) is 4.23. The third-order valence-electron chi connectivity index (χ3n) is 6.22. The molecule has 42 heavy (non-hydrogen) atoms. The molecule has 0 fully saturated rings. The van der Waals surface area contributed by atoms with Crippen molar-refractivity contribution in [3.63, 3.8) is 0 Å². The third kappa shape index (κ3) is 6.80. The minimum Gasteiger partial charge on any atom is -0.507 e. The highest BCUT2D eigenvalue weighted by Crippen LogP contribution is 2.36. The first kappa shape index (κ1) is 29.9. The maximum atomic E-state index is 13.7. The molecule has 0 aliphatic heterocycles. The zero-order valence-electron chi connectivity index (χ0n) is 22.0. The van der Waals surface area contributed by atoms with Crippen LogP contribution in [0.1, 0.15) is 32.0 Å². The van der Waals surface area contributed by atoms with E-state index in [-0.39, 0.29) is 46.7 Å². The molecule has 12 heteroatoms. The standard InChI is InChI=1S/C30H23FN6O3S.ClH/c31-21-7-8-22(26(38)15-21)25-16-23(24(17-32)28(35-25)36-30(40)27-6-2-13-41-27)19-4-1-5-20(14-19)29(39)34-9-3-11-37-12-10-33-18-37;/h1-2,4-8,10,12-16,18,38H,3,9,11H2,(H,34,39)(H,35,36,40);1H. The van der Waals surface area contributed by atoms with Crippen LogP contribution >= 0.6 is 23.7 Å². The van der Waals surface area contributed by atoms with Crippen molar-refractivity contribution in [2.45, 2.75) is 13.0 Å². The maximum absolute atomic E-state index is 13.7. The predicted octanol–water partition coefficient (Wildman–Crippen LogP) is 5.88. The summed E-state index contributed by atoms with van der Waals surface area (Å²) >= 11 is 1.23. The Kier molecular flexibility index (Phi) is 9.65. The highest BCUT2D eigenvalue weighted by atomic mass is 35.5. The summed E-state index contributed by atoms with van der Waals surface area (Å²) in [4.78, 5) is 34.7. The molecule has 0 saturated heterocycles. The lowest BCUT2D eigenvalue weighted by Crippen LogP contribution is -2.25. The minimum absolute atomic E-state index is 0. The van der Waals surface area contributed by atoms with Gasteiger partial charge >= 0.3 is 0 Å². The number of imidazole rings is 1. The predicted molar refractivity (Wildman–Crippen MR) is 160 cm³/mol. The van der Waals surface area contributed by atoms with Crippen molar-refractivity contribution in [2.24, 2.45) is 0 Å². The van der Waals surface area contributed by atoms with Crippen LogP contribution in [0.15, 0.2) is 84.8 Å². The maximum Gasteiger partial charge on any atom is 0.266 e. The van der Waals surface area contributed by atoms with Crippen molar-refractivity contribution in [1.82, 2.24) is 19.9 Å². The SMILES string of the molecule is Cl.N#Cc1c(-c2cccc(C(=O)NCCCn3ccnc3)c2)cc(-c2ccc(F)cc2O)nc1NC(=O)c1cccs1. The van der Waals surface area contributed by atoms with Crippen molar-refractivity contribution in [1.29, 1.82) is 5.26 Å². The lowest BCUT2D eigenvalue weighted by Gasteiger charge is -2.15. The van der Waals surface area contributed by atoms with Crippen LogP contribution in [0.5, 0.6) is 5.75 Å². The average Bonchev–Trinajstić information content (AvgIpc) is 3.70. The topological polar surface area (TPSA) is 133 Å². The highest BCUT2D eigenvalue weighted by Gasteiger charge is 2.20. The van der Waals surface area contributed by atoms with Gasteiger partial charge in [-0.05, 0) is 53.8 Å². The van der Waals surface area contributed by atoms with E-state index in [0.29, 0.717) is 41.1 Å². The fourth-order valence-corrected chi connectivity index (χ4v) is 4.84. The summed E-state index contributed by atoms with van der Waals surface area (Å²) in [7, 11) is 0. The van der Waals surface area contributed by atoms with Crippen LogP contribution in [-0.2, 0) is 6.54 Å². The lowest BCUT2D eigenvalue weighted by atomic mass is 9.96. The second-order valence-corrected chi connectivity index (χ2v) is 9.92. The molecule has 3 N–H and O–H groups in total. The molecule has 212 valence electrons. The van der Waals surface area contributed by atoms with Gasteiger partial charge in [0.25, 0.3) is 11.8 Å². The molecule has 0 unspecified atom stereocenters. The Labute approximate surface area is 250 Å². The Morgan fingerprint density at radius 1 is 1.07 bits per heavy atom. The van der Waals surface area contributed by atoms with Gasteiger partial charge in [-0.2, -0.15) is 5.26 Å². The molecule has 2 amide bonds. The number of amides is 2. The van der Waals surface area contributed by atoms with Gasteiger partial charge in [-0.25, -0.2) is 14.4 Å². The first-order chi connectivity index (χ1) is 19.9. The molecule has 5 rings (SSSR count). The number of hydrogen-bond acceptors (Lipinski definition) is 7. The van der Waals surface area contributed by atoms with Gasteiger partial charge in [0.1, 0.15) is 23.2 Å². The molecule has 0 atom stereocenters. The molecule has 9 nitrogen and oxygen atoms in total. The number of nitrogens with zero attached hydrogens (tertiary/aromatic N) is 4. The number of carbonyl (C=O) groups excluding carboxylic acids is 2. The fraction of sp³-hybridized carbons (Fsp3) is 0.100. The van der Waals surface area contributed by atoms with Crippen molar-refractivity contribution < 1.29 is 19.1 Å². The number of hydrogen-bond donors (Lipinski definition) is 3. The summed E-state index contributed by atoms with van der Waals surface area (Å²) in [5.74, 6) is -1.76. The normalized spacial score (nSPS) is 10.4. The Morgan fingerprint density at radius 3 is 2.64 bits per heavy atom. The van der Waals surface area contributed by atoms with Gasteiger partial charge < -0.3 is 20.3 Å². The molecule has 3 heterocycles. The number of benzene rings is 2. The van der Waals surface area contributed by atoms with Gasteiger partial charge in [-0.15, -0.1) is 23.7 Å². The minimum atomic E-state index is -0.630. The van der Waals surface area contributed by atoms with Gasteiger partial charge in [-0.1, -0.05) is 18.2 Å². The van der Waals surface area contributed by atoms with Crippen molar-refractivity contribution >= 4 is 41.4 Å². The smallest absolute Gasteiger partial charge is 0.266 e. The van der Waals surface area contributed by atoms with E-state index in [2.05, 4.69) is 26.7 Å². The van der Waals surface area contributed by atoms with E-state index in [9.17, 15) is 24.3 Å². The van der Waals surface area contributed by atoms with Gasteiger partial charge in [0.05, 0.1) is 16.9 Å². The molecule has 0 radical (unpaired) electrons. The number of nitrogens with one attached hydrogen (secondary N) is 2. The number of aromatic hydroxyl groups is 1. The van der Waals surface area contributed by atoms with Crippen LogP contribution in [-0.4, -0.2) is 38.0 Å². The first-order valence-electron chi connectivity index (χ1n) is 12.6. The number of phenols is 1. The number of aromatic nitrogens is 3. The van der Waals surface area contributed by atoms with E-state index in [1.165, 1.54) is 23.5 Å². The molecule has 0 aliphatic rings. The van der Waals surface area contributed by atoms with Crippen LogP contribution in [0.4, 0.5) is 10.2 Å². The Balaban J connectivity index is 0.00000405. The van der Waals surface area contributed by atoms with E-state index in [0.717, 1.165) is 6.07 Å². The van der Waals surface area contributed by atoms with Crippen molar-refractivity contribution in [3.05, 3.63) is 107 Å². The molecule has 0 spiro atoms. The van der Waals surface area contributed by atoms with Crippen molar-refractivity contribution in [3.8, 4) is 34.2 Å². The molecule has 3 aromatic heterocycles. The van der Waals surface area contributed by atoms with Crippen LogP contribution < -0.4 is 10.6 Å². The van der Waals surface area contributed by atoms with Crippen LogP contribution in [0, 0.1) is 17.1 Å². The molecule has 0 bridgehead atoms. The summed E-state index contributed by atoms with van der Waals surface area (Å²) in [5, 5.41) is 27.9. The van der Waals surface area contributed by atoms with Gasteiger partial charge in [0.2, 0.25) is 0 Å². The number of pyridine rings is 1. The Bertz CT molecular complexity index is 1750. The number of nitriles is 1. The summed E-state index contributed by atoms with van der Waals surface area (Å²) in [6, 6.07) is 17.3. The molecule has 0 saturated carbocycles. The van der Waals surface area contributed by atoms with Gasteiger partial charge in [-0.3, -0.25) is 9.59 Å². The highest BCUT2D eigenvalue weighted by molar-refractivity contribution is 7.12. The van der Waals surface area contributed by atoms with E-state index >= 15 is 0 Å². The Morgan fingerprint density at radius 2 is 1.93 bits per heavy atom. The summed E-state index contributed by atoms with van der Waals surface area (Å²) in [6.45, 7) is 1.16. The lowest BCUT2D eigenvalue weighted by molar-refractivity contribution is 0.0952. The quantitative estimate of drug-likeness (QED) is 0.180. The number of halogens is 2. The number of anilines is 1. The molecular formula is C30H24ClFN6O3S. The molecular weight excluding hydrogens is 579 g/mol. The van der Waals surface area contributed by atoms with Crippen molar-refractivity contribution in [2.75, 3.05) is 11.9 Å². The summed E-state index contributed by atoms with van der Waals surface area (Å²) in [6.07, 6.45) is 5.97. The number of thiophene rings is 1. The number of aryl methyl sites for hydroxylation is 1. The first-order valence-corrected chi connectivity index (χ1v) is 13.4. The average molecular weight is 603 g/mol. The molecule has 5 aromatic rings. The molecule has 2 aromatic carbocycles. The molecule has 0 aliphatic carbocycles. The third-order valence-corrected chi connectivity index (χ3v) is 7.09. The van der Waals surface area contributed by atoms with Gasteiger partial charge in [0.15, 0.2) is 5.82 Å². The van der Waals surface area contributed by atoms with E-state index in [1.807, 2.05) is 10.8 Å². The van der Waals surface area contributed by atoms with Crippen LogP contribution in [0.25, 0.3) is 22.4 Å². The number of rotatable bonds is 9. The largest absolute Gasteiger partial charge is 0.507 e. The van der Waals surface area contributed by atoms with E-state index < -0.39 is 11.7 Å². The van der Waals surface area contributed by atoms with Gasteiger partial charge in [0, 0.05) is 48.2 Å². The van der Waals surface area contributed by atoms with Crippen LogP contribution in [0.3, 0.4) is 0 Å². The summed E-state index contributed by atoms with van der Waals surface area (Å²) in [5.41, 5.74) is 1.74. The second-order valence-electron chi connectivity index (χ2n) is 8.97. The van der Waals surface area contributed by atoms with E-state index in [1.54, 1.807) is 60.4 Å². The zero-order valence-corrected chi connectivity index (χ0v) is 23.6. The summed E-state index contributed by atoms with van der Waals surface area (Å²) < 4.78 is 15.6. The number of carbonyl (C=O) groups is 2.